The molecule has 7 heteroatoms. The number of phenols is 1. The number of benzene rings is 1. The number of hydrogen-bond acceptors (Lipinski definition) is 5. The van der Waals surface area contributed by atoms with E-state index in [9.17, 15) is 5.11 Å². The molecule has 0 atom stereocenters. The third-order valence-electron chi connectivity index (χ3n) is 3.61. The molecule has 0 fully saturated rings. The molecule has 0 unspecified atom stereocenters. The lowest BCUT2D eigenvalue weighted by atomic mass is 10.1. The number of aromatic nitrogens is 1. The molecule has 2 aromatic rings. The number of hydrogen-bond donors (Lipinski definition) is 2. The van der Waals surface area contributed by atoms with Crippen LogP contribution in [0.4, 0.5) is 0 Å². The van der Waals surface area contributed by atoms with Gasteiger partial charge in [-0.15, -0.1) is 11.3 Å². The normalized spacial score (nSPS) is 11.4. The second-order valence-electron chi connectivity index (χ2n) is 5.43. The van der Waals surface area contributed by atoms with Gasteiger partial charge in [0.15, 0.2) is 5.96 Å². The number of guanidine groups is 1. The average molecular weight is 348 g/mol. The molecule has 0 aliphatic carbocycles. The van der Waals surface area contributed by atoms with Gasteiger partial charge in [0.25, 0.3) is 0 Å². The summed E-state index contributed by atoms with van der Waals surface area (Å²) in [7, 11) is 5.32. The van der Waals surface area contributed by atoms with Crippen molar-refractivity contribution >= 4 is 17.3 Å². The molecule has 6 nitrogen and oxygen atoms in total. The molecular weight excluding hydrogens is 324 g/mol. The van der Waals surface area contributed by atoms with E-state index in [-0.39, 0.29) is 5.75 Å². The SMILES string of the molecule is CN=C(NCCc1ccc(OC)cc1O)N(C)Cc1csc(C)n1. The van der Waals surface area contributed by atoms with Gasteiger partial charge in [-0.2, -0.15) is 0 Å². The summed E-state index contributed by atoms with van der Waals surface area (Å²) in [4.78, 5) is 10.8. The maximum absolute atomic E-state index is 10.00. The van der Waals surface area contributed by atoms with Crippen LogP contribution in [0.5, 0.6) is 11.5 Å². The highest BCUT2D eigenvalue weighted by Crippen LogP contribution is 2.23. The van der Waals surface area contributed by atoms with Gasteiger partial charge in [-0.05, 0) is 25.0 Å². The first-order valence-corrected chi connectivity index (χ1v) is 8.60. The Kier molecular flexibility index (Phi) is 6.43. The van der Waals surface area contributed by atoms with Gasteiger partial charge in [0.2, 0.25) is 0 Å². The summed E-state index contributed by atoms with van der Waals surface area (Å²) in [6.45, 7) is 3.38. The monoisotopic (exact) mass is 348 g/mol. The van der Waals surface area contributed by atoms with E-state index in [0.717, 1.165) is 22.2 Å². The molecule has 130 valence electrons. The van der Waals surface area contributed by atoms with Gasteiger partial charge < -0.3 is 20.1 Å². The number of phenolic OH excluding ortho intramolecular Hbond substituents is 1. The van der Waals surface area contributed by atoms with Crippen molar-refractivity contribution in [3.63, 3.8) is 0 Å². The number of aromatic hydroxyl groups is 1. The van der Waals surface area contributed by atoms with Crippen LogP contribution in [-0.2, 0) is 13.0 Å². The number of methoxy groups -OCH3 is 1. The third-order valence-corrected chi connectivity index (χ3v) is 4.43. The van der Waals surface area contributed by atoms with Crippen molar-refractivity contribution in [2.24, 2.45) is 4.99 Å². The minimum absolute atomic E-state index is 0.248. The summed E-state index contributed by atoms with van der Waals surface area (Å²) < 4.78 is 5.09. The quantitative estimate of drug-likeness (QED) is 0.620. The van der Waals surface area contributed by atoms with E-state index >= 15 is 0 Å². The molecular formula is C17H24N4O2S. The van der Waals surface area contributed by atoms with Crippen LogP contribution in [0.3, 0.4) is 0 Å². The third kappa shape index (κ3) is 4.86. The maximum Gasteiger partial charge on any atom is 0.193 e. The van der Waals surface area contributed by atoms with E-state index in [0.29, 0.717) is 25.3 Å². The summed E-state index contributed by atoms with van der Waals surface area (Å²) in [6, 6.07) is 5.35. The van der Waals surface area contributed by atoms with E-state index in [2.05, 4.69) is 20.7 Å². The molecule has 0 aliphatic heterocycles. The number of rotatable bonds is 6. The van der Waals surface area contributed by atoms with Gasteiger partial charge >= 0.3 is 0 Å². The second kappa shape index (κ2) is 8.54. The highest BCUT2D eigenvalue weighted by atomic mass is 32.1. The van der Waals surface area contributed by atoms with Crippen molar-refractivity contribution in [3.8, 4) is 11.5 Å². The Morgan fingerprint density at radius 3 is 2.83 bits per heavy atom. The van der Waals surface area contributed by atoms with Gasteiger partial charge in [-0.3, -0.25) is 4.99 Å². The summed E-state index contributed by atoms with van der Waals surface area (Å²) in [5.41, 5.74) is 1.91. The number of thiazole rings is 1. The van der Waals surface area contributed by atoms with Gasteiger partial charge in [0.1, 0.15) is 11.5 Å². The predicted octanol–water partition coefficient (Wildman–Crippen LogP) is 2.42. The summed E-state index contributed by atoms with van der Waals surface area (Å²) >= 11 is 1.65. The Balaban J connectivity index is 1.87. The van der Waals surface area contributed by atoms with Crippen molar-refractivity contribution in [2.75, 3.05) is 27.7 Å². The zero-order chi connectivity index (χ0) is 17.5. The second-order valence-corrected chi connectivity index (χ2v) is 6.49. The molecule has 2 rings (SSSR count). The Morgan fingerprint density at radius 2 is 2.25 bits per heavy atom. The molecule has 1 aromatic carbocycles. The molecule has 0 saturated carbocycles. The van der Waals surface area contributed by atoms with Crippen molar-refractivity contribution in [3.05, 3.63) is 39.8 Å². The van der Waals surface area contributed by atoms with Crippen LogP contribution in [-0.4, -0.2) is 48.7 Å². The Labute approximate surface area is 146 Å². The molecule has 2 N–H and O–H groups in total. The van der Waals surface area contributed by atoms with Gasteiger partial charge in [-0.25, -0.2) is 4.98 Å². The number of nitrogens with zero attached hydrogens (tertiary/aromatic N) is 3. The van der Waals surface area contributed by atoms with Crippen molar-refractivity contribution in [1.82, 2.24) is 15.2 Å². The van der Waals surface area contributed by atoms with E-state index in [1.54, 1.807) is 31.6 Å². The van der Waals surface area contributed by atoms with Crippen molar-refractivity contribution < 1.29 is 9.84 Å². The van der Waals surface area contributed by atoms with Crippen LogP contribution in [0.1, 0.15) is 16.3 Å². The molecule has 0 saturated heterocycles. The van der Waals surface area contributed by atoms with Crippen molar-refractivity contribution in [2.45, 2.75) is 19.9 Å². The lowest BCUT2D eigenvalue weighted by Gasteiger charge is -2.21. The minimum atomic E-state index is 0.248. The zero-order valence-corrected chi connectivity index (χ0v) is 15.4. The number of nitrogens with one attached hydrogen (secondary N) is 1. The van der Waals surface area contributed by atoms with Gasteiger partial charge in [0.05, 0.1) is 24.4 Å². The van der Waals surface area contributed by atoms with Crippen LogP contribution in [0.2, 0.25) is 0 Å². The first-order chi connectivity index (χ1) is 11.5. The topological polar surface area (TPSA) is 70.0 Å². The summed E-state index contributed by atoms with van der Waals surface area (Å²) in [5, 5.41) is 16.4. The molecule has 0 spiro atoms. The lowest BCUT2D eigenvalue weighted by Crippen LogP contribution is -2.39. The first-order valence-electron chi connectivity index (χ1n) is 7.72. The zero-order valence-electron chi connectivity index (χ0n) is 14.5. The fourth-order valence-electron chi connectivity index (χ4n) is 2.37. The summed E-state index contributed by atoms with van der Waals surface area (Å²) in [6.07, 6.45) is 0.693. The van der Waals surface area contributed by atoms with Gasteiger partial charge in [-0.1, -0.05) is 6.07 Å². The minimum Gasteiger partial charge on any atom is -0.508 e. The Bertz CT molecular complexity index is 700. The van der Waals surface area contributed by atoms with Crippen LogP contribution in [0.15, 0.2) is 28.6 Å². The van der Waals surface area contributed by atoms with E-state index < -0.39 is 0 Å². The number of aliphatic imine (C=N–C) groups is 1. The van der Waals surface area contributed by atoms with Gasteiger partial charge in [0, 0.05) is 32.1 Å². The smallest absolute Gasteiger partial charge is 0.193 e. The lowest BCUT2D eigenvalue weighted by molar-refractivity contribution is 0.406. The highest BCUT2D eigenvalue weighted by molar-refractivity contribution is 7.09. The van der Waals surface area contributed by atoms with Crippen LogP contribution in [0, 0.1) is 6.92 Å². The highest BCUT2D eigenvalue weighted by Gasteiger charge is 2.09. The maximum atomic E-state index is 10.00. The number of aryl methyl sites for hydroxylation is 1. The van der Waals surface area contributed by atoms with Crippen LogP contribution in [0.25, 0.3) is 0 Å². The fourth-order valence-corrected chi connectivity index (χ4v) is 2.98. The standard InChI is InChI=1S/C17H24N4O2S/c1-12-20-14(11-24-12)10-21(3)17(18-2)19-8-7-13-5-6-15(23-4)9-16(13)22/h5-6,9,11,22H,7-8,10H2,1-4H3,(H,18,19). The molecule has 0 radical (unpaired) electrons. The number of ether oxygens (including phenoxy) is 1. The van der Waals surface area contributed by atoms with Crippen LogP contribution < -0.4 is 10.1 Å². The summed E-state index contributed by atoms with van der Waals surface area (Å²) in [5.74, 6) is 1.70. The van der Waals surface area contributed by atoms with E-state index in [1.807, 2.05) is 31.0 Å². The molecule has 1 heterocycles. The molecule has 0 aliphatic rings. The Morgan fingerprint density at radius 1 is 1.46 bits per heavy atom. The predicted molar refractivity (Wildman–Crippen MR) is 98.0 cm³/mol. The van der Waals surface area contributed by atoms with Crippen molar-refractivity contribution in [1.29, 1.82) is 0 Å². The van der Waals surface area contributed by atoms with E-state index in [4.69, 9.17) is 4.74 Å². The largest absolute Gasteiger partial charge is 0.508 e. The molecule has 1 aromatic heterocycles. The fraction of sp³-hybridized carbons (Fsp3) is 0.412. The first kappa shape index (κ1) is 18.1. The molecule has 0 amide bonds. The molecule has 24 heavy (non-hydrogen) atoms. The van der Waals surface area contributed by atoms with E-state index in [1.165, 1.54) is 0 Å². The average Bonchev–Trinajstić information content (AvgIpc) is 2.97. The molecule has 0 bridgehead atoms. The van der Waals surface area contributed by atoms with Crippen LogP contribution >= 0.6 is 11.3 Å². The Hall–Kier alpha value is -2.28.